The second-order valence-electron chi connectivity index (χ2n) is 8.28. The molecule has 1 unspecified atom stereocenters. The first-order chi connectivity index (χ1) is 15.4. The first kappa shape index (κ1) is 26.3. The van der Waals surface area contributed by atoms with Crippen molar-refractivity contribution in [2.45, 2.75) is 52.7 Å². The van der Waals surface area contributed by atoms with Gasteiger partial charge in [0.2, 0.25) is 21.8 Å². The molecular weight excluding hydrogens is 445 g/mol. The zero-order chi connectivity index (χ0) is 24.8. The lowest BCUT2D eigenvalue weighted by Crippen LogP contribution is -2.53. The summed E-state index contributed by atoms with van der Waals surface area (Å²) in [6.07, 6.45) is 1.30. The van der Waals surface area contributed by atoms with Gasteiger partial charge in [0.15, 0.2) is 0 Å². The minimum Gasteiger partial charge on any atom is -0.352 e. The number of benzene rings is 2. The Morgan fingerprint density at radius 3 is 2.30 bits per heavy atom. The number of nitrogens with one attached hydrogen (secondary N) is 1. The maximum absolute atomic E-state index is 13.8. The zero-order valence-electron chi connectivity index (χ0n) is 19.7. The molecule has 0 bridgehead atoms. The molecule has 0 saturated carbocycles. The topological polar surface area (TPSA) is 86.8 Å². The lowest BCUT2D eigenvalue weighted by Gasteiger charge is -2.33. The standard InChI is InChI=1S/C24H32FN3O4S/c1-6-22(24(30)26-17(2)3)27(15-19-11-8-7-10-18(19)4)23(29)16-28(33(5,31)32)21-13-9-12-20(25)14-21/h7-14,17,22H,6,15-16H2,1-5H3,(H,26,30). The van der Waals surface area contributed by atoms with Gasteiger partial charge in [0.25, 0.3) is 0 Å². The van der Waals surface area contributed by atoms with E-state index in [1.165, 1.54) is 23.1 Å². The Bertz CT molecular complexity index is 1090. The Hall–Kier alpha value is -2.94. The summed E-state index contributed by atoms with van der Waals surface area (Å²) in [6.45, 7) is 6.93. The van der Waals surface area contributed by atoms with Crippen molar-refractivity contribution in [1.82, 2.24) is 10.2 Å². The van der Waals surface area contributed by atoms with E-state index < -0.39 is 34.3 Å². The summed E-state index contributed by atoms with van der Waals surface area (Å²) in [5, 5.41) is 2.84. The molecule has 0 saturated heterocycles. The van der Waals surface area contributed by atoms with Crippen LogP contribution in [0.5, 0.6) is 0 Å². The maximum Gasteiger partial charge on any atom is 0.244 e. The van der Waals surface area contributed by atoms with Crippen LogP contribution in [0, 0.1) is 12.7 Å². The van der Waals surface area contributed by atoms with Crippen molar-refractivity contribution >= 4 is 27.5 Å². The van der Waals surface area contributed by atoms with Crippen LogP contribution in [0.4, 0.5) is 10.1 Å². The Kier molecular flexibility index (Phi) is 8.99. The number of carbonyl (C=O) groups excluding carboxylic acids is 2. The van der Waals surface area contributed by atoms with Crippen molar-refractivity contribution in [2.24, 2.45) is 0 Å². The molecule has 7 nitrogen and oxygen atoms in total. The maximum atomic E-state index is 13.8. The van der Waals surface area contributed by atoms with Crippen molar-refractivity contribution in [1.29, 1.82) is 0 Å². The predicted molar refractivity (Wildman–Crippen MR) is 128 cm³/mol. The fraction of sp³-hybridized carbons (Fsp3) is 0.417. The number of halogens is 1. The summed E-state index contributed by atoms with van der Waals surface area (Å²) >= 11 is 0. The number of hydrogen-bond acceptors (Lipinski definition) is 4. The highest BCUT2D eigenvalue weighted by Gasteiger charge is 2.32. The van der Waals surface area contributed by atoms with Crippen LogP contribution in [-0.2, 0) is 26.2 Å². The molecule has 33 heavy (non-hydrogen) atoms. The number of hydrogen-bond donors (Lipinski definition) is 1. The van der Waals surface area contributed by atoms with Gasteiger partial charge in [-0.25, -0.2) is 12.8 Å². The van der Waals surface area contributed by atoms with Crippen molar-refractivity contribution in [3.63, 3.8) is 0 Å². The van der Waals surface area contributed by atoms with Gasteiger partial charge in [-0.1, -0.05) is 37.3 Å². The zero-order valence-corrected chi connectivity index (χ0v) is 20.5. The average Bonchev–Trinajstić information content (AvgIpc) is 2.71. The smallest absolute Gasteiger partial charge is 0.244 e. The molecule has 0 aliphatic rings. The fourth-order valence-electron chi connectivity index (χ4n) is 3.52. The molecule has 0 aliphatic heterocycles. The SMILES string of the molecule is CCC(C(=O)NC(C)C)N(Cc1ccccc1C)C(=O)CN(c1cccc(F)c1)S(C)(=O)=O. The molecule has 1 N–H and O–H groups in total. The van der Waals surface area contributed by atoms with Gasteiger partial charge < -0.3 is 10.2 Å². The summed E-state index contributed by atoms with van der Waals surface area (Å²) in [4.78, 5) is 27.8. The number of rotatable bonds is 10. The normalized spacial score (nSPS) is 12.3. The van der Waals surface area contributed by atoms with E-state index in [1.807, 2.05) is 45.0 Å². The van der Waals surface area contributed by atoms with Crippen LogP contribution in [-0.4, -0.2) is 50.0 Å². The van der Waals surface area contributed by atoms with Crippen LogP contribution < -0.4 is 9.62 Å². The number of sulfonamides is 1. The van der Waals surface area contributed by atoms with E-state index in [4.69, 9.17) is 0 Å². The van der Waals surface area contributed by atoms with E-state index in [1.54, 1.807) is 6.92 Å². The largest absolute Gasteiger partial charge is 0.352 e. The van der Waals surface area contributed by atoms with Crippen LogP contribution >= 0.6 is 0 Å². The van der Waals surface area contributed by atoms with Crippen LogP contribution in [0.2, 0.25) is 0 Å². The molecule has 2 rings (SSSR count). The Labute approximate surface area is 195 Å². The Balaban J connectivity index is 2.46. The van der Waals surface area contributed by atoms with Crippen molar-refractivity contribution in [3.8, 4) is 0 Å². The third-order valence-corrected chi connectivity index (χ3v) is 6.33. The Morgan fingerprint density at radius 1 is 1.09 bits per heavy atom. The Morgan fingerprint density at radius 2 is 1.76 bits per heavy atom. The van der Waals surface area contributed by atoms with Gasteiger partial charge in [-0.05, 0) is 56.5 Å². The molecule has 180 valence electrons. The van der Waals surface area contributed by atoms with E-state index in [0.717, 1.165) is 27.8 Å². The van der Waals surface area contributed by atoms with Gasteiger partial charge >= 0.3 is 0 Å². The molecule has 0 aliphatic carbocycles. The molecule has 2 aromatic carbocycles. The number of nitrogens with zero attached hydrogens (tertiary/aromatic N) is 2. The lowest BCUT2D eigenvalue weighted by molar-refractivity contribution is -0.140. The van der Waals surface area contributed by atoms with Gasteiger partial charge in [0.1, 0.15) is 18.4 Å². The van der Waals surface area contributed by atoms with Gasteiger partial charge in [-0.3, -0.25) is 13.9 Å². The van der Waals surface area contributed by atoms with Gasteiger partial charge in [-0.15, -0.1) is 0 Å². The first-order valence-corrected chi connectivity index (χ1v) is 12.7. The summed E-state index contributed by atoms with van der Waals surface area (Å²) in [6, 6.07) is 11.6. The summed E-state index contributed by atoms with van der Waals surface area (Å²) < 4.78 is 39.6. The highest BCUT2D eigenvalue weighted by Crippen LogP contribution is 2.21. The molecule has 0 aromatic heterocycles. The highest BCUT2D eigenvalue weighted by atomic mass is 32.2. The highest BCUT2D eigenvalue weighted by molar-refractivity contribution is 7.92. The third kappa shape index (κ3) is 7.28. The molecule has 0 spiro atoms. The summed E-state index contributed by atoms with van der Waals surface area (Å²) in [7, 11) is -3.90. The van der Waals surface area contributed by atoms with Gasteiger partial charge in [0.05, 0.1) is 11.9 Å². The average molecular weight is 478 g/mol. The molecular formula is C24H32FN3O4S. The third-order valence-electron chi connectivity index (χ3n) is 5.19. The van der Waals surface area contributed by atoms with Crippen molar-refractivity contribution in [3.05, 3.63) is 65.5 Å². The van der Waals surface area contributed by atoms with Crippen LogP contribution in [0.1, 0.15) is 38.3 Å². The molecule has 9 heteroatoms. The predicted octanol–water partition coefficient (Wildman–Crippen LogP) is 3.23. The van der Waals surface area contributed by atoms with E-state index in [-0.39, 0.29) is 24.2 Å². The number of aryl methyl sites for hydroxylation is 1. The molecule has 2 amide bonds. The molecule has 2 aromatic rings. The molecule has 1 atom stereocenters. The molecule has 0 radical (unpaired) electrons. The second-order valence-corrected chi connectivity index (χ2v) is 10.2. The van der Waals surface area contributed by atoms with Crippen molar-refractivity contribution in [2.75, 3.05) is 17.1 Å². The molecule has 0 fully saturated rings. The van der Waals surface area contributed by atoms with E-state index >= 15 is 0 Å². The second kappa shape index (κ2) is 11.3. The summed E-state index contributed by atoms with van der Waals surface area (Å²) in [5.41, 5.74) is 1.83. The minimum absolute atomic E-state index is 0.0429. The van der Waals surface area contributed by atoms with Crippen LogP contribution in [0.25, 0.3) is 0 Å². The summed E-state index contributed by atoms with van der Waals surface area (Å²) in [5.74, 6) is -1.49. The van der Waals surface area contributed by atoms with Crippen molar-refractivity contribution < 1.29 is 22.4 Å². The van der Waals surface area contributed by atoms with E-state index in [0.29, 0.717) is 6.42 Å². The lowest BCUT2D eigenvalue weighted by atomic mass is 10.1. The fourth-order valence-corrected chi connectivity index (χ4v) is 4.36. The minimum atomic E-state index is -3.90. The van der Waals surface area contributed by atoms with Crippen LogP contribution in [0.15, 0.2) is 48.5 Å². The van der Waals surface area contributed by atoms with E-state index in [2.05, 4.69) is 5.32 Å². The number of carbonyl (C=O) groups is 2. The van der Waals surface area contributed by atoms with Gasteiger partial charge in [0, 0.05) is 12.6 Å². The first-order valence-electron chi connectivity index (χ1n) is 10.8. The monoisotopic (exact) mass is 477 g/mol. The molecule has 0 heterocycles. The number of anilines is 1. The van der Waals surface area contributed by atoms with E-state index in [9.17, 15) is 22.4 Å². The van der Waals surface area contributed by atoms with Crippen LogP contribution in [0.3, 0.4) is 0 Å². The number of amides is 2. The quantitative estimate of drug-likeness (QED) is 0.569. The van der Waals surface area contributed by atoms with Gasteiger partial charge in [-0.2, -0.15) is 0 Å².